The van der Waals surface area contributed by atoms with Gasteiger partial charge in [0.2, 0.25) is 0 Å². The van der Waals surface area contributed by atoms with Crippen LogP contribution < -0.4 is 0 Å². The molecule has 8 heteroatoms. The van der Waals surface area contributed by atoms with Gasteiger partial charge >= 0.3 is 17.9 Å². The highest BCUT2D eigenvalue weighted by Crippen LogP contribution is 2.14. The minimum absolute atomic E-state index is 0.0473. The fourth-order valence-electron chi connectivity index (χ4n) is 6.14. The van der Waals surface area contributed by atoms with Crippen LogP contribution in [0.4, 0.5) is 0 Å². The third-order valence-corrected chi connectivity index (χ3v) is 9.41. The Hall–Kier alpha value is -1.93. The number of allylic oxidation sites excluding steroid dienone is 2. The minimum Gasteiger partial charge on any atom is -0.477 e. The van der Waals surface area contributed by atoms with Crippen LogP contribution in [0.25, 0.3) is 0 Å². The van der Waals surface area contributed by atoms with Crippen molar-refractivity contribution in [3.05, 3.63) is 12.2 Å². The van der Waals surface area contributed by atoms with Crippen molar-refractivity contribution in [1.82, 2.24) is 0 Å². The monoisotopic (exact) mass is 711 g/mol. The van der Waals surface area contributed by atoms with Crippen molar-refractivity contribution in [3.63, 3.8) is 0 Å². The number of carboxylic acid groups (broad SMARTS) is 1. The van der Waals surface area contributed by atoms with E-state index >= 15 is 0 Å². The Balaban J connectivity index is 4.36. The van der Waals surface area contributed by atoms with Gasteiger partial charge in [-0.15, -0.1) is 0 Å². The maximum atomic E-state index is 12.7. The van der Waals surface area contributed by atoms with Gasteiger partial charge in [-0.1, -0.05) is 142 Å². The van der Waals surface area contributed by atoms with Crippen LogP contribution in [-0.4, -0.2) is 80.6 Å². The summed E-state index contributed by atoms with van der Waals surface area (Å²) < 4.78 is 17.2. The smallest absolute Gasteiger partial charge is 0.362 e. The predicted octanol–water partition coefficient (Wildman–Crippen LogP) is 10.7. The maximum absolute atomic E-state index is 12.7. The number of nitrogens with zero attached hydrogens (tertiary/aromatic N) is 1. The number of aliphatic carboxylic acids is 1. The van der Waals surface area contributed by atoms with Crippen molar-refractivity contribution in [3.8, 4) is 0 Å². The largest absolute Gasteiger partial charge is 0.477 e. The van der Waals surface area contributed by atoms with Gasteiger partial charge in [0.1, 0.15) is 6.61 Å². The van der Waals surface area contributed by atoms with E-state index in [1.165, 1.54) is 116 Å². The van der Waals surface area contributed by atoms with Crippen LogP contribution in [0.1, 0.15) is 187 Å². The second kappa shape index (κ2) is 34.2. The Kier molecular flexibility index (Phi) is 32.9. The van der Waals surface area contributed by atoms with Gasteiger partial charge < -0.3 is 23.8 Å². The molecule has 1 N–H and O–H groups in total. The number of likely N-dealkylation sites (N-methyl/N-ethyl adjacent to an activating group) is 1. The number of esters is 2. The summed E-state index contributed by atoms with van der Waals surface area (Å²) in [5.41, 5.74) is 0. The van der Waals surface area contributed by atoms with Crippen LogP contribution in [-0.2, 0) is 28.6 Å². The zero-order valence-electron chi connectivity index (χ0n) is 33.4. The third kappa shape index (κ3) is 32.0. The number of rotatable bonds is 37. The average Bonchev–Trinajstić information content (AvgIpc) is 3.06. The molecular weight excluding hydrogens is 630 g/mol. The molecule has 0 aliphatic heterocycles. The topological polar surface area (TPSA) is 99.1 Å². The van der Waals surface area contributed by atoms with E-state index in [9.17, 15) is 19.5 Å². The van der Waals surface area contributed by atoms with E-state index in [0.717, 1.165) is 38.5 Å². The highest BCUT2D eigenvalue weighted by atomic mass is 16.6. The summed E-state index contributed by atoms with van der Waals surface area (Å²) in [5, 5.41) is 9.59. The van der Waals surface area contributed by atoms with Gasteiger partial charge in [-0.05, 0) is 38.5 Å². The second-order valence-corrected chi connectivity index (χ2v) is 15.2. The van der Waals surface area contributed by atoms with Gasteiger partial charge in [0, 0.05) is 19.3 Å². The van der Waals surface area contributed by atoms with Crippen molar-refractivity contribution < 1.29 is 38.2 Å². The molecule has 0 spiro atoms. The Morgan fingerprint density at radius 2 is 1.00 bits per heavy atom. The van der Waals surface area contributed by atoms with Gasteiger partial charge in [-0.25, -0.2) is 4.79 Å². The summed E-state index contributed by atoms with van der Waals surface area (Å²) in [6, 6.07) is -0.610. The molecule has 0 aromatic rings. The summed E-state index contributed by atoms with van der Waals surface area (Å²) in [4.78, 5) is 36.8. The van der Waals surface area contributed by atoms with E-state index < -0.39 is 18.1 Å². The van der Waals surface area contributed by atoms with E-state index in [1.807, 2.05) is 21.1 Å². The van der Waals surface area contributed by atoms with Gasteiger partial charge in [0.05, 0.1) is 34.4 Å². The molecule has 0 aliphatic carbocycles. The molecule has 0 aromatic carbocycles. The zero-order valence-corrected chi connectivity index (χ0v) is 33.4. The molecule has 0 heterocycles. The first-order chi connectivity index (χ1) is 24.1. The van der Waals surface area contributed by atoms with Gasteiger partial charge in [0.15, 0.2) is 12.1 Å². The molecule has 2 atom stereocenters. The van der Waals surface area contributed by atoms with Crippen molar-refractivity contribution in [2.45, 2.75) is 199 Å². The number of hydrogen-bond donors (Lipinski definition) is 1. The van der Waals surface area contributed by atoms with Crippen molar-refractivity contribution >= 4 is 17.9 Å². The first-order valence-electron chi connectivity index (χ1n) is 20.7. The lowest BCUT2D eigenvalue weighted by Gasteiger charge is -2.31. The molecule has 0 rings (SSSR count). The first kappa shape index (κ1) is 48.1. The molecular formula is C42H80NO7+. The fraction of sp³-hybridized carbons (Fsp3) is 0.881. The molecule has 0 saturated carbocycles. The highest BCUT2D eigenvalue weighted by molar-refractivity contribution is 5.72. The van der Waals surface area contributed by atoms with Crippen LogP contribution >= 0.6 is 0 Å². The Bertz CT molecular complexity index is 838. The van der Waals surface area contributed by atoms with Gasteiger partial charge in [0.25, 0.3) is 0 Å². The number of hydrogen-bond acceptors (Lipinski definition) is 6. The summed E-state index contributed by atoms with van der Waals surface area (Å²) >= 11 is 0. The van der Waals surface area contributed by atoms with Crippen LogP contribution in [0.5, 0.6) is 0 Å². The summed E-state index contributed by atoms with van der Waals surface area (Å²) in [7, 11) is 5.52. The van der Waals surface area contributed by atoms with Crippen LogP contribution in [0.15, 0.2) is 12.2 Å². The molecule has 0 aliphatic rings. The Morgan fingerprint density at radius 3 is 1.46 bits per heavy atom. The van der Waals surface area contributed by atoms with Crippen molar-refractivity contribution in [2.24, 2.45) is 0 Å². The molecule has 294 valence electrons. The number of ether oxygens (including phenoxy) is 3. The number of quaternary nitrogens is 1. The highest BCUT2D eigenvalue weighted by Gasteiger charge is 2.31. The summed E-state index contributed by atoms with van der Waals surface area (Å²) in [6.07, 6.45) is 33.9. The molecule has 0 aromatic heterocycles. The molecule has 8 nitrogen and oxygen atoms in total. The van der Waals surface area contributed by atoms with E-state index in [-0.39, 0.29) is 36.2 Å². The lowest BCUT2D eigenvalue weighted by Crippen LogP contribution is -2.50. The van der Waals surface area contributed by atoms with E-state index in [1.54, 1.807) is 0 Å². The standard InChI is InChI=1S/C42H79NO7/c1-6-8-10-12-14-16-18-19-20-21-23-25-27-29-31-33-41(45)50-38(36-48-35-34-39(42(46)47)43(3,4)5)37-49-40(44)32-30-28-26-24-22-17-15-13-11-9-7-2/h16,18,38-39H,6-15,17,19-37H2,1-5H3/p+1/b18-16+. The zero-order chi connectivity index (χ0) is 37.1. The Labute approximate surface area is 308 Å². The summed E-state index contributed by atoms with van der Waals surface area (Å²) in [5.74, 6) is -1.46. The molecule has 0 bridgehead atoms. The molecule has 0 saturated heterocycles. The quantitative estimate of drug-likeness (QED) is 0.0296. The van der Waals surface area contributed by atoms with Crippen LogP contribution in [0.3, 0.4) is 0 Å². The molecule has 0 fully saturated rings. The fourth-order valence-corrected chi connectivity index (χ4v) is 6.14. The second-order valence-electron chi connectivity index (χ2n) is 15.2. The number of carboxylic acids is 1. The van der Waals surface area contributed by atoms with Crippen molar-refractivity contribution in [2.75, 3.05) is 41.0 Å². The van der Waals surface area contributed by atoms with Crippen LogP contribution in [0.2, 0.25) is 0 Å². The lowest BCUT2D eigenvalue weighted by molar-refractivity contribution is -0.887. The van der Waals surface area contributed by atoms with Gasteiger partial charge in [-0.3, -0.25) is 9.59 Å². The third-order valence-electron chi connectivity index (χ3n) is 9.41. The molecule has 2 unspecified atom stereocenters. The van der Waals surface area contributed by atoms with Crippen molar-refractivity contribution in [1.29, 1.82) is 0 Å². The maximum Gasteiger partial charge on any atom is 0.362 e. The molecule has 0 radical (unpaired) electrons. The summed E-state index contributed by atoms with van der Waals surface area (Å²) in [6.45, 7) is 4.72. The average molecular weight is 711 g/mol. The van der Waals surface area contributed by atoms with Gasteiger partial charge in [-0.2, -0.15) is 0 Å². The normalized spacial score (nSPS) is 13.1. The van der Waals surface area contributed by atoms with E-state index in [2.05, 4.69) is 26.0 Å². The Morgan fingerprint density at radius 1 is 0.580 bits per heavy atom. The molecule has 50 heavy (non-hydrogen) atoms. The number of carbonyl (C=O) groups is 3. The predicted molar refractivity (Wildman–Crippen MR) is 206 cm³/mol. The number of unbranched alkanes of at least 4 members (excludes halogenated alkanes) is 21. The lowest BCUT2D eigenvalue weighted by atomic mass is 10.1. The number of carbonyl (C=O) groups excluding carboxylic acids is 2. The molecule has 0 amide bonds. The van der Waals surface area contributed by atoms with E-state index in [4.69, 9.17) is 14.2 Å². The SMILES string of the molecule is CCCCCC/C=C/CCCCCCCCCC(=O)OC(COCCC(C(=O)O)[N+](C)(C)C)COC(=O)CCCCCCCCCCCCC. The van der Waals surface area contributed by atoms with Crippen LogP contribution in [0, 0.1) is 0 Å². The van der Waals surface area contributed by atoms with E-state index in [0.29, 0.717) is 19.3 Å². The minimum atomic E-state index is -0.874. The first-order valence-corrected chi connectivity index (χ1v) is 20.7.